The number of aromatic nitrogens is 2. The Morgan fingerprint density at radius 1 is 1.10 bits per heavy atom. The molecular formula is C19H23BF4N2O3. The largest absolute Gasteiger partial charge is 0.494 e. The van der Waals surface area contributed by atoms with Crippen LogP contribution in [0, 0.1) is 5.95 Å². The first kappa shape index (κ1) is 20.6. The summed E-state index contributed by atoms with van der Waals surface area (Å²) in [6.45, 7) is 8.75. The molecule has 2 aromatic rings. The maximum Gasteiger partial charge on any atom is 0.494 e. The Labute approximate surface area is 166 Å². The van der Waals surface area contributed by atoms with Gasteiger partial charge in [0.15, 0.2) is 0 Å². The van der Waals surface area contributed by atoms with Gasteiger partial charge in [0, 0.05) is 0 Å². The number of alkyl halides is 3. The molecule has 1 saturated carbocycles. The summed E-state index contributed by atoms with van der Waals surface area (Å²) in [5, 5.41) is 13.4. The molecule has 158 valence electrons. The van der Waals surface area contributed by atoms with Crippen molar-refractivity contribution in [2.75, 3.05) is 0 Å². The highest BCUT2D eigenvalue weighted by atomic mass is 19.4. The van der Waals surface area contributed by atoms with Gasteiger partial charge in [0.25, 0.3) is 0 Å². The van der Waals surface area contributed by atoms with E-state index >= 15 is 0 Å². The smallest absolute Gasteiger partial charge is 0.399 e. The molecule has 0 amide bonds. The summed E-state index contributed by atoms with van der Waals surface area (Å²) in [7, 11) is -1.06. The van der Waals surface area contributed by atoms with E-state index < -0.39 is 47.7 Å². The van der Waals surface area contributed by atoms with Crippen LogP contribution in [0.3, 0.4) is 0 Å². The number of benzene rings is 1. The summed E-state index contributed by atoms with van der Waals surface area (Å²) in [6.07, 6.45) is -4.31. The van der Waals surface area contributed by atoms with Crippen LogP contribution in [0.25, 0.3) is 10.9 Å². The molecule has 0 radical (unpaired) electrons. The molecule has 0 unspecified atom stereocenters. The van der Waals surface area contributed by atoms with Crippen molar-refractivity contribution in [2.24, 2.45) is 0 Å². The molecule has 1 saturated heterocycles. The Morgan fingerprint density at radius 3 is 2.14 bits per heavy atom. The SMILES string of the molecule is CC1(O)CC(n2nc(F)c3cc(B4OC(C)(C)C(C)(C)O4)cc(C(F)(F)F)c32)C1. The topological polar surface area (TPSA) is 56.5 Å². The number of hydrogen-bond acceptors (Lipinski definition) is 4. The van der Waals surface area contributed by atoms with E-state index in [-0.39, 0.29) is 29.2 Å². The maximum absolute atomic E-state index is 14.6. The third-order valence-corrected chi connectivity index (χ3v) is 6.31. The van der Waals surface area contributed by atoms with Gasteiger partial charge in [0.2, 0.25) is 5.95 Å². The zero-order chi connectivity index (χ0) is 21.6. The van der Waals surface area contributed by atoms with Crippen molar-refractivity contribution in [3.8, 4) is 0 Å². The van der Waals surface area contributed by atoms with E-state index in [0.717, 1.165) is 10.7 Å². The molecule has 1 N–H and O–H groups in total. The van der Waals surface area contributed by atoms with Crippen LogP contribution in [-0.2, 0) is 15.5 Å². The van der Waals surface area contributed by atoms with Crippen molar-refractivity contribution in [1.29, 1.82) is 0 Å². The lowest BCUT2D eigenvalue weighted by Gasteiger charge is -2.41. The van der Waals surface area contributed by atoms with E-state index in [0.29, 0.717) is 0 Å². The minimum absolute atomic E-state index is 0.0857. The lowest BCUT2D eigenvalue weighted by molar-refractivity contribution is -0.136. The molecule has 2 aliphatic rings. The molecule has 1 aromatic carbocycles. The van der Waals surface area contributed by atoms with Gasteiger partial charge in [-0.1, -0.05) is 0 Å². The number of halogens is 4. The summed E-state index contributed by atoms with van der Waals surface area (Å²) >= 11 is 0. The van der Waals surface area contributed by atoms with Gasteiger partial charge in [-0.15, -0.1) is 5.10 Å². The molecule has 2 fully saturated rings. The molecule has 10 heteroatoms. The zero-order valence-electron chi connectivity index (χ0n) is 16.9. The lowest BCUT2D eigenvalue weighted by atomic mass is 9.76. The second-order valence-corrected chi connectivity index (χ2v) is 9.35. The molecule has 1 aliphatic carbocycles. The monoisotopic (exact) mass is 414 g/mol. The Hall–Kier alpha value is -1.65. The first-order chi connectivity index (χ1) is 13.1. The highest BCUT2D eigenvalue weighted by Crippen LogP contribution is 2.45. The molecule has 4 rings (SSSR count). The first-order valence-electron chi connectivity index (χ1n) is 9.48. The van der Waals surface area contributed by atoms with Gasteiger partial charge in [-0.3, -0.25) is 4.68 Å². The van der Waals surface area contributed by atoms with E-state index in [2.05, 4.69) is 5.10 Å². The highest BCUT2D eigenvalue weighted by molar-refractivity contribution is 6.62. The van der Waals surface area contributed by atoms with E-state index in [1.165, 1.54) is 6.07 Å². The summed E-state index contributed by atoms with van der Waals surface area (Å²) in [4.78, 5) is 0. The standard InChI is InChI=1S/C19H23BF4N2O3/c1-16(2)17(3,4)29-20(28-16)10-6-12-14(13(7-10)19(22,23)24)26(25-15(12)21)11-8-18(5,27)9-11/h6-7,11,27H,8-9H2,1-5H3. The van der Waals surface area contributed by atoms with Crippen molar-refractivity contribution < 1.29 is 32.0 Å². The number of aliphatic hydroxyl groups is 1. The third kappa shape index (κ3) is 3.25. The van der Waals surface area contributed by atoms with Crippen LogP contribution in [0.4, 0.5) is 17.6 Å². The summed E-state index contributed by atoms with van der Waals surface area (Å²) < 4.78 is 69.1. The quantitative estimate of drug-likeness (QED) is 0.603. The van der Waals surface area contributed by atoms with Crippen molar-refractivity contribution in [2.45, 2.75) is 76.5 Å². The zero-order valence-corrected chi connectivity index (χ0v) is 16.9. The van der Waals surface area contributed by atoms with Crippen LogP contribution in [0.15, 0.2) is 12.1 Å². The van der Waals surface area contributed by atoms with Gasteiger partial charge in [-0.25, -0.2) is 0 Å². The Morgan fingerprint density at radius 2 is 1.66 bits per heavy atom. The molecule has 0 atom stereocenters. The number of hydrogen-bond donors (Lipinski definition) is 1. The Kier molecular flexibility index (Phi) is 4.23. The fraction of sp³-hybridized carbons (Fsp3) is 0.632. The Balaban J connectivity index is 1.85. The van der Waals surface area contributed by atoms with Crippen LogP contribution >= 0.6 is 0 Å². The fourth-order valence-corrected chi connectivity index (χ4v) is 3.98. The molecular weight excluding hydrogens is 391 g/mol. The van der Waals surface area contributed by atoms with Gasteiger partial charge in [0.1, 0.15) is 0 Å². The molecule has 29 heavy (non-hydrogen) atoms. The average molecular weight is 414 g/mol. The molecule has 0 bridgehead atoms. The summed E-state index contributed by atoms with van der Waals surface area (Å²) in [6, 6.07) is 1.75. The number of fused-ring (bicyclic) bond motifs is 1. The van der Waals surface area contributed by atoms with Crippen LogP contribution in [-0.4, -0.2) is 38.8 Å². The third-order valence-electron chi connectivity index (χ3n) is 6.31. The van der Waals surface area contributed by atoms with Crippen LogP contribution in [0.2, 0.25) is 0 Å². The number of nitrogens with zero attached hydrogens (tertiary/aromatic N) is 2. The van der Waals surface area contributed by atoms with Crippen molar-refractivity contribution >= 4 is 23.5 Å². The first-order valence-corrected chi connectivity index (χ1v) is 9.48. The van der Waals surface area contributed by atoms with Gasteiger partial charge in [0.05, 0.1) is 39.3 Å². The van der Waals surface area contributed by atoms with Crippen molar-refractivity contribution in [3.63, 3.8) is 0 Å². The predicted molar refractivity (Wildman–Crippen MR) is 99.3 cm³/mol. The van der Waals surface area contributed by atoms with Crippen molar-refractivity contribution in [1.82, 2.24) is 9.78 Å². The summed E-state index contributed by atoms with van der Waals surface area (Å²) in [5.74, 6) is -0.990. The lowest BCUT2D eigenvalue weighted by Crippen LogP contribution is -2.42. The minimum atomic E-state index is -4.73. The van der Waals surface area contributed by atoms with Crippen LogP contribution < -0.4 is 5.46 Å². The van der Waals surface area contributed by atoms with E-state index in [1.54, 1.807) is 34.6 Å². The minimum Gasteiger partial charge on any atom is -0.399 e. The van der Waals surface area contributed by atoms with E-state index in [4.69, 9.17) is 9.31 Å². The molecule has 1 aliphatic heterocycles. The molecule has 2 heterocycles. The normalized spacial score (nSPS) is 28.8. The van der Waals surface area contributed by atoms with Gasteiger partial charge < -0.3 is 14.4 Å². The van der Waals surface area contributed by atoms with Crippen LogP contribution in [0.5, 0.6) is 0 Å². The van der Waals surface area contributed by atoms with Gasteiger partial charge in [-0.05, 0) is 65.1 Å². The van der Waals surface area contributed by atoms with E-state index in [1.807, 2.05) is 0 Å². The fourth-order valence-electron chi connectivity index (χ4n) is 3.98. The number of rotatable bonds is 2. The second-order valence-electron chi connectivity index (χ2n) is 9.35. The second kappa shape index (κ2) is 5.95. The summed E-state index contributed by atoms with van der Waals surface area (Å²) in [5.41, 5.74) is -3.71. The molecule has 1 aromatic heterocycles. The van der Waals surface area contributed by atoms with E-state index in [9.17, 15) is 22.7 Å². The van der Waals surface area contributed by atoms with Gasteiger partial charge in [-0.2, -0.15) is 17.6 Å². The average Bonchev–Trinajstić information content (AvgIpc) is 2.97. The van der Waals surface area contributed by atoms with Crippen molar-refractivity contribution in [3.05, 3.63) is 23.6 Å². The molecule has 0 spiro atoms. The maximum atomic E-state index is 14.6. The predicted octanol–water partition coefficient (Wildman–Crippen LogP) is 3.58. The van der Waals surface area contributed by atoms with Crippen LogP contribution in [0.1, 0.15) is 59.1 Å². The highest BCUT2D eigenvalue weighted by Gasteiger charge is 2.52. The Bertz CT molecular complexity index is 960. The van der Waals surface area contributed by atoms with Gasteiger partial charge >= 0.3 is 13.3 Å². The molecule has 5 nitrogen and oxygen atoms in total.